The molecular weight excluding hydrogens is 588 g/mol. The highest BCUT2D eigenvalue weighted by atomic mass is 16.5. The highest BCUT2D eigenvalue weighted by Crippen LogP contribution is 2.11. The molecule has 0 aliphatic rings. The van der Waals surface area contributed by atoms with E-state index in [-0.39, 0.29) is 32.6 Å². The molecule has 276 valence electrons. The molecule has 0 radical (unpaired) electrons. The van der Waals surface area contributed by atoms with Crippen molar-refractivity contribution in [3.63, 3.8) is 0 Å². The first-order valence-corrected chi connectivity index (χ1v) is 18.6. The van der Waals surface area contributed by atoms with E-state index in [9.17, 15) is 19.8 Å². The lowest BCUT2D eigenvalue weighted by atomic mass is 10.1. The van der Waals surface area contributed by atoms with Crippen LogP contribution >= 0.6 is 0 Å². The predicted molar refractivity (Wildman–Crippen MR) is 201 cm³/mol. The number of allylic oxidation sites excluding steroid dienone is 6. The average Bonchev–Trinajstić information content (AvgIpc) is 3.06. The molecule has 6 nitrogen and oxygen atoms in total. The SMILES string of the molecule is C.C=CCCC/C=C\CCCCCCCCC(=O)OCC(O)CC.C=CCCCC/C=C\CCCCCCCC(=O)OCC(O)CC. The number of hydrogen-bond acceptors (Lipinski definition) is 6. The molecular formula is C41H76O6. The Labute approximate surface area is 291 Å². The second-order valence-corrected chi connectivity index (χ2v) is 12.2. The summed E-state index contributed by atoms with van der Waals surface area (Å²) in [6.45, 7) is 11.5. The minimum atomic E-state index is -0.519. The van der Waals surface area contributed by atoms with E-state index >= 15 is 0 Å². The number of aliphatic hydroxyl groups excluding tert-OH is 2. The number of hydrogen-bond donors (Lipinski definition) is 2. The number of rotatable bonds is 32. The average molecular weight is 665 g/mol. The maximum atomic E-state index is 11.4. The molecule has 0 spiro atoms. The van der Waals surface area contributed by atoms with E-state index in [1.165, 1.54) is 83.5 Å². The summed E-state index contributed by atoms with van der Waals surface area (Å²) in [5.41, 5.74) is 0. The fourth-order valence-corrected chi connectivity index (χ4v) is 4.46. The van der Waals surface area contributed by atoms with Gasteiger partial charge in [-0.1, -0.05) is 103 Å². The van der Waals surface area contributed by atoms with E-state index in [0.29, 0.717) is 25.7 Å². The molecule has 0 fully saturated rings. The van der Waals surface area contributed by atoms with Crippen molar-refractivity contribution in [2.45, 2.75) is 188 Å². The van der Waals surface area contributed by atoms with Crippen molar-refractivity contribution < 1.29 is 29.3 Å². The van der Waals surface area contributed by atoms with Crippen molar-refractivity contribution in [3.05, 3.63) is 49.6 Å². The molecule has 6 heteroatoms. The van der Waals surface area contributed by atoms with Gasteiger partial charge in [0.05, 0.1) is 12.2 Å². The first-order chi connectivity index (χ1) is 22.4. The lowest BCUT2D eigenvalue weighted by molar-refractivity contribution is -0.147. The summed E-state index contributed by atoms with van der Waals surface area (Å²) in [7, 11) is 0. The summed E-state index contributed by atoms with van der Waals surface area (Å²) < 4.78 is 10.00. The zero-order valence-electron chi connectivity index (χ0n) is 29.9. The topological polar surface area (TPSA) is 93.1 Å². The molecule has 47 heavy (non-hydrogen) atoms. The van der Waals surface area contributed by atoms with Gasteiger partial charge in [-0.3, -0.25) is 9.59 Å². The van der Waals surface area contributed by atoms with Crippen LogP contribution in [0.5, 0.6) is 0 Å². The summed E-state index contributed by atoms with van der Waals surface area (Å²) >= 11 is 0. The third-order valence-corrected chi connectivity index (χ3v) is 7.71. The quantitative estimate of drug-likeness (QED) is 0.0422. The van der Waals surface area contributed by atoms with Gasteiger partial charge in [0, 0.05) is 12.8 Å². The van der Waals surface area contributed by atoms with Crippen LogP contribution in [-0.4, -0.2) is 47.6 Å². The van der Waals surface area contributed by atoms with Crippen LogP contribution in [0.2, 0.25) is 0 Å². The number of unbranched alkanes of at least 4 members (excludes halogenated alkanes) is 16. The van der Waals surface area contributed by atoms with E-state index in [4.69, 9.17) is 9.47 Å². The highest BCUT2D eigenvalue weighted by Gasteiger charge is 2.07. The van der Waals surface area contributed by atoms with Crippen LogP contribution in [0.4, 0.5) is 0 Å². The van der Waals surface area contributed by atoms with Gasteiger partial charge in [0.15, 0.2) is 0 Å². The van der Waals surface area contributed by atoms with Gasteiger partial charge in [0.25, 0.3) is 0 Å². The molecule has 0 aromatic carbocycles. The second-order valence-electron chi connectivity index (χ2n) is 12.2. The number of carbonyl (C=O) groups is 2. The van der Waals surface area contributed by atoms with Gasteiger partial charge >= 0.3 is 11.9 Å². The van der Waals surface area contributed by atoms with Crippen LogP contribution in [0.1, 0.15) is 175 Å². The van der Waals surface area contributed by atoms with E-state index in [1.54, 1.807) is 0 Å². The van der Waals surface area contributed by atoms with E-state index in [0.717, 1.165) is 44.9 Å². The van der Waals surface area contributed by atoms with Crippen molar-refractivity contribution in [1.29, 1.82) is 0 Å². The van der Waals surface area contributed by atoms with Crippen molar-refractivity contribution >= 4 is 11.9 Å². The maximum absolute atomic E-state index is 11.4. The molecule has 2 N–H and O–H groups in total. The molecule has 2 atom stereocenters. The normalized spacial score (nSPS) is 12.2. The van der Waals surface area contributed by atoms with Crippen LogP contribution in [0, 0.1) is 0 Å². The zero-order chi connectivity index (χ0) is 34.4. The van der Waals surface area contributed by atoms with Gasteiger partial charge in [-0.2, -0.15) is 0 Å². The molecule has 0 aliphatic heterocycles. The third-order valence-electron chi connectivity index (χ3n) is 7.71. The molecule has 0 aliphatic carbocycles. The van der Waals surface area contributed by atoms with Crippen LogP contribution in [0.3, 0.4) is 0 Å². The summed E-state index contributed by atoms with van der Waals surface area (Å²) in [4.78, 5) is 22.8. The van der Waals surface area contributed by atoms with Crippen molar-refractivity contribution in [2.75, 3.05) is 13.2 Å². The van der Waals surface area contributed by atoms with Crippen LogP contribution in [-0.2, 0) is 19.1 Å². The summed E-state index contributed by atoms with van der Waals surface area (Å²) in [6.07, 6.45) is 37.5. The van der Waals surface area contributed by atoms with Gasteiger partial charge in [-0.15, -0.1) is 13.2 Å². The first-order valence-electron chi connectivity index (χ1n) is 18.6. The zero-order valence-corrected chi connectivity index (χ0v) is 29.9. The molecule has 0 aromatic heterocycles. The smallest absolute Gasteiger partial charge is 0.305 e. The molecule has 0 aromatic rings. The molecule has 0 amide bonds. The number of aliphatic hydroxyl groups is 2. The number of esters is 2. The summed E-state index contributed by atoms with van der Waals surface area (Å²) in [5, 5.41) is 18.6. The van der Waals surface area contributed by atoms with Crippen LogP contribution in [0.15, 0.2) is 49.6 Å². The third kappa shape index (κ3) is 43.8. The molecule has 0 heterocycles. The minimum absolute atomic E-state index is 0. The second kappa shape index (κ2) is 41.8. The van der Waals surface area contributed by atoms with Crippen LogP contribution < -0.4 is 0 Å². The summed E-state index contributed by atoms with van der Waals surface area (Å²) in [6, 6.07) is 0. The Bertz CT molecular complexity index is 744. The van der Waals surface area contributed by atoms with E-state index in [1.807, 2.05) is 26.0 Å². The Morgan fingerprint density at radius 2 is 0.809 bits per heavy atom. The van der Waals surface area contributed by atoms with Gasteiger partial charge in [-0.05, 0) is 96.3 Å². The van der Waals surface area contributed by atoms with Crippen molar-refractivity contribution in [2.24, 2.45) is 0 Å². The fourth-order valence-electron chi connectivity index (χ4n) is 4.46. The predicted octanol–water partition coefficient (Wildman–Crippen LogP) is 11.3. The Morgan fingerprint density at radius 3 is 1.19 bits per heavy atom. The van der Waals surface area contributed by atoms with Gasteiger partial charge in [-0.25, -0.2) is 0 Å². The fraction of sp³-hybridized carbons (Fsp3) is 0.756. The van der Waals surface area contributed by atoms with Crippen LogP contribution in [0.25, 0.3) is 0 Å². The van der Waals surface area contributed by atoms with Crippen molar-refractivity contribution in [1.82, 2.24) is 0 Å². The van der Waals surface area contributed by atoms with Gasteiger partial charge in [0.1, 0.15) is 13.2 Å². The molecule has 0 saturated carbocycles. The summed E-state index contributed by atoms with van der Waals surface area (Å²) in [5.74, 6) is -0.365. The Morgan fingerprint density at radius 1 is 0.511 bits per heavy atom. The lowest BCUT2D eigenvalue weighted by Gasteiger charge is -2.08. The molecule has 0 saturated heterocycles. The van der Waals surface area contributed by atoms with Crippen molar-refractivity contribution in [3.8, 4) is 0 Å². The van der Waals surface area contributed by atoms with E-state index in [2.05, 4.69) is 37.5 Å². The van der Waals surface area contributed by atoms with Gasteiger partial charge < -0.3 is 19.7 Å². The monoisotopic (exact) mass is 665 g/mol. The first kappa shape index (κ1) is 49.2. The van der Waals surface area contributed by atoms with Gasteiger partial charge in [0.2, 0.25) is 0 Å². The Kier molecular flexibility index (Phi) is 43.8. The Balaban J connectivity index is -0.000000807. The molecule has 0 bridgehead atoms. The maximum Gasteiger partial charge on any atom is 0.305 e. The van der Waals surface area contributed by atoms with E-state index < -0.39 is 12.2 Å². The Hall–Kier alpha value is -2.18. The molecule has 2 unspecified atom stereocenters. The highest BCUT2D eigenvalue weighted by molar-refractivity contribution is 5.69. The standard InChI is InChI=1S/2C20H36O3.CH4/c2*1-3-5-6-7-8-9-10-11-12-13-14-15-16-17-20(22)23-18-19(21)4-2;/h3,9-10,19,21H,1,4-8,11-18H2,2H3;3,8-9,19,21H,1,4-7,10-18H2,2H3;1H4/b10-9-;9-8-;. The number of carbonyl (C=O) groups excluding carboxylic acids is 2. The lowest BCUT2D eigenvalue weighted by Crippen LogP contribution is -2.17. The number of ether oxygens (including phenoxy) is 2. The minimum Gasteiger partial charge on any atom is -0.463 e. The largest absolute Gasteiger partial charge is 0.463 e. The molecule has 0 rings (SSSR count).